The van der Waals surface area contributed by atoms with Gasteiger partial charge in [-0.25, -0.2) is 9.59 Å². The molecule has 0 aliphatic heterocycles. The van der Waals surface area contributed by atoms with Crippen LogP contribution >= 0.6 is 0 Å². The Morgan fingerprint density at radius 2 is 1.93 bits per heavy atom. The fourth-order valence-electron chi connectivity index (χ4n) is 2.73. The number of anilines is 1. The number of amides is 3. The van der Waals surface area contributed by atoms with E-state index in [0.29, 0.717) is 5.69 Å². The van der Waals surface area contributed by atoms with Crippen LogP contribution in [-0.2, 0) is 11.3 Å². The molecule has 3 amide bonds. The molecule has 1 heterocycles. The Kier molecular flexibility index (Phi) is 4.94. The Bertz CT molecular complexity index is 1160. The lowest BCUT2D eigenvalue weighted by molar-refractivity contribution is -0.384. The molecule has 1 aromatic heterocycles. The number of benzene rings is 2. The number of aromatic nitrogens is 1. The van der Waals surface area contributed by atoms with E-state index in [1.54, 1.807) is 6.07 Å². The van der Waals surface area contributed by atoms with Crippen molar-refractivity contribution in [1.29, 1.82) is 0 Å². The number of nitrogens with one attached hydrogen (secondary N) is 2. The number of nitrogens with zero attached hydrogens (tertiary/aromatic N) is 2. The Balaban J connectivity index is 1.75. The van der Waals surface area contributed by atoms with Crippen molar-refractivity contribution in [3.05, 3.63) is 68.2 Å². The molecule has 2 N–H and O–H groups in total. The van der Waals surface area contributed by atoms with Crippen LogP contribution in [-0.4, -0.2) is 21.4 Å². The molecule has 0 aliphatic carbocycles. The Morgan fingerprint density at radius 1 is 1.18 bits per heavy atom. The maximum Gasteiger partial charge on any atom is 0.420 e. The van der Waals surface area contributed by atoms with Crippen molar-refractivity contribution in [3.8, 4) is 0 Å². The van der Waals surface area contributed by atoms with Crippen LogP contribution in [0.1, 0.15) is 11.1 Å². The monoisotopic (exact) mass is 384 g/mol. The SMILES string of the molecule is Cc1ccc(NC(=O)NC(=O)Cn2c(=O)oc3ccc([N+](=O)[O-])cc32)c(C)c1. The molecular weight excluding hydrogens is 368 g/mol. The zero-order valence-electron chi connectivity index (χ0n) is 15.0. The van der Waals surface area contributed by atoms with Crippen LogP contribution in [0.3, 0.4) is 0 Å². The minimum atomic E-state index is -0.861. The van der Waals surface area contributed by atoms with Crippen LogP contribution < -0.4 is 16.4 Å². The zero-order chi connectivity index (χ0) is 20.4. The normalized spacial score (nSPS) is 10.6. The summed E-state index contributed by atoms with van der Waals surface area (Å²) in [5.74, 6) is -1.64. The molecule has 28 heavy (non-hydrogen) atoms. The smallest absolute Gasteiger partial charge is 0.408 e. The Morgan fingerprint density at radius 3 is 2.61 bits per heavy atom. The molecule has 0 fully saturated rings. The predicted molar refractivity (Wildman–Crippen MR) is 100 cm³/mol. The molecule has 10 nitrogen and oxygen atoms in total. The standard InChI is InChI=1S/C18H16N4O6/c1-10-3-5-13(11(2)7-10)19-17(24)20-16(23)9-21-14-8-12(22(26)27)4-6-15(14)28-18(21)25/h3-8H,9H2,1-2H3,(H2,19,20,23,24). The molecule has 0 spiro atoms. The third kappa shape index (κ3) is 3.90. The first-order chi connectivity index (χ1) is 13.2. The molecule has 2 aromatic carbocycles. The quantitative estimate of drug-likeness (QED) is 0.524. The molecule has 3 aromatic rings. The van der Waals surface area contributed by atoms with Crippen molar-refractivity contribution >= 4 is 34.4 Å². The highest BCUT2D eigenvalue weighted by atomic mass is 16.6. The highest BCUT2D eigenvalue weighted by Gasteiger charge is 2.17. The summed E-state index contributed by atoms with van der Waals surface area (Å²) in [7, 11) is 0. The van der Waals surface area contributed by atoms with Gasteiger partial charge in [-0.2, -0.15) is 0 Å². The van der Waals surface area contributed by atoms with E-state index in [9.17, 15) is 24.5 Å². The van der Waals surface area contributed by atoms with Gasteiger partial charge in [0, 0.05) is 17.8 Å². The van der Waals surface area contributed by atoms with E-state index in [0.717, 1.165) is 21.8 Å². The van der Waals surface area contributed by atoms with Gasteiger partial charge < -0.3 is 9.73 Å². The Labute approximate surface area is 157 Å². The third-order valence-electron chi connectivity index (χ3n) is 4.05. The molecule has 10 heteroatoms. The van der Waals surface area contributed by atoms with Gasteiger partial charge in [0.1, 0.15) is 6.54 Å². The van der Waals surface area contributed by atoms with Crippen molar-refractivity contribution in [2.24, 2.45) is 0 Å². The van der Waals surface area contributed by atoms with Gasteiger partial charge in [0.2, 0.25) is 5.91 Å². The summed E-state index contributed by atoms with van der Waals surface area (Å²) in [6.45, 7) is 3.19. The first-order valence-electron chi connectivity index (χ1n) is 8.20. The number of nitro groups is 1. The summed E-state index contributed by atoms with van der Waals surface area (Å²) in [4.78, 5) is 46.4. The summed E-state index contributed by atoms with van der Waals surface area (Å²) in [5.41, 5.74) is 2.33. The van der Waals surface area contributed by atoms with E-state index in [1.807, 2.05) is 26.0 Å². The van der Waals surface area contributed by atoms with Gasteiger partial charge in [-0.05, 0) is 31.5 Å². The molecule has 0 bridgehead atoms. The van der Waals surface area contributed by atoms with Gasteiger partial charge in [0.25, 0.3) is 5.69 Å². The molecule has 3 rings (SSSR count). The summed E-state index contributed by atoms with van der Waals surface area (Å²) in [6, 6.07) is 8.23. The number of oxazole rings is 1. The number of non-ortho nitro benzene ring substituents is 1. The van der Waals surface area contributed by atoms with Gasteiger partial charge >= 0.3 is 11.8 Å². The molecule has 0 radical (unpaired) electrons. The van der Waals surface area contributed by atoms with E-state index in [4.69, 9.17) is 4.42 Å². The van der Waals surface area contributed by atoms with Crippen molar-refractivity contribution in [2.45, 2.75) is 20.4 Å². The second-order valence-electron chi connectivity index (χ2n) is 6.18. The van der Waals surface area contributed by atoms with Crippen molar-refractivity contribution in [1.82, 2.24) is 9.88 Å². The number of carbonyl (C=O) groups is 2. The zero-order valence-corrected chi connectivity index (χ0v) is 15.0. The second-order valence-corrected chi connectivity index (χ2v) is 6.18. The number of aryl methyl sites for hydroxylation is 2. The maximum atomic E-state index is 12.2. The van der Waals surface area contributed by atoms with Crippen LogP contribution in [0, 0.1) is 24.0 Å². The van der Waals surface area contributed by atoms with Crippen LogP contribution in [0.15, 0.2) is 45.6 Å². The lowest BCUT2D eigenvalue weighted by Crippen LogP contribution is -2.38. The summed E-state index contributed by atoms with van der Waals surface area (Å²) >= 11 is 0. The lowest BCUT2D eigenvalue weighted by Gasteiger charge is -2.10. The third-order valence-corrected chi connectivity index (χ3v) is 4.05. The number of hydrogen-bond donors (Lipinski definition) is 2. The second kappa shape index (κ2) is 7.35. The number of carbonyl (C=O) groups excluding carboxylic acids is 2. The van der Waals surface area contributed by atoms with Gasteiger partial charge in [-0.15, -0.1) is 0 Å². The molecule has 0 aliphatic rings. The highest BCUT2D eigenvalue weighted by Crippen LogP contribution is 2.20. The first kappa shape index (κ1) is 18.8. The fourth-order valence-corrected chi connectivity index (χ4v) is 2.73. The summed E-state index contributed by atoms with van der Waals surface area (Å²) in [5, 5.41) is 15.6. The molecule has 0 unspecified atom stereocenters. The lowest BCUT2D eigenvalue weighted by atomic mass is 10.1. The van der Waals surface area contributed by atoms with Crippen molar-refractivity contribution in [3.63, 3.8) is 0 Å². The fraction of sp³-hybridized carbons (Fsp3) is 0.167. The van der Waals surface area contributed by atoms with Crippen LogP contribution in [0.2, 0.25) is 0 Å². The minimum Gasteiger partial charge on any atom is -0.408 e. The van der Waals surface area contributed by atoms with Crippen molar-refractivity contribution in [2.75, 3.05) is 5.32 Å². The minimum absolute atomic E-state index is 0.0872. The molecule has 0 saturated heterocycles. The molecule has 0 atom stereocenters. The topological polar surface area (TPSA) is 136 Å². The van der Waals surface area contributed by atoms with Crippen LogP contribution in [0.5, 0.6) is 0 Å². The van der Waals surface area contributed by atoms with Crippen molar-refractivity contribution < 1.29 is 18.9 Å². The average Bonchev–Trinajstić information content (AvgIpc) is 2.92. The number of urea groups is 1. The van der Waals surface area contributed by atoms with E-state index in [-0.39, 0.29) is 16.8 Å². The number of imide groups is 1. The first-order valence-corrected chi connectivity index (χ1v) is 8.20. The van der Waals surface area contributed by atoms with E-state index < -0.39 is 29.2 Å². The van der Waals surface area contributed by atoms with E-state index in [1.165, 1.54) is 12.1 Å². The predicted octanol–water partition coefficient (Wildman–Crippen LogP) is 2.47. The molecule has 144 valence electrons. The summed E-state index contributed by atoms with van der Waals surface area (Å²) < 4.78 is 5.89. The summed E-state index contributed by atoms with van der Waals surface area (Å²) in [6.07, 6.45) is 0. The average molecular weight is 384 g/mol. The number of hydrogen-bond acceptors (Lipinski definition) is 6. The molecule has 0 saturated carbocycles. The van der Waals surface area contributed by atoms with Gasteiger partial charge in [-0.1, -0.05) is 17.7 Å². The van der Waals surface area contributed by atoms with Gasteiger partial charge in [-0.3, -0.25) is 24.8 Å². The number of nitro benzene ring substituents is 1. The van der Waals surface area contributed by atoms with E-state index in [2.05, 4.69) is 10.6 Å². The molecular formula is C18H16N4O6. The van der Waals surface area contributed by atoms with Gasteiger partial charge in [0.05, 0.1) is 10.4 Å². The Hall–Kier alpha value is -3.95. The highest BCUT2D eigenvalue weighted by molar-refractivity contribution is 6.01. The van der Waals surface area contributed by atoms with Gasteiger partial charge in [0.15, 0.2) is 5.58 Å². The number of fused-ring (bicyclic) bond motifs is 1. The number of rotatable bonds is 4. The maximum absolute atomic E-state index is 12.2. The largest absolute Gasteiger partial charge is 0.420 e. The van der Waals surface area contributed by atoms with Crippen LogP contribution in [0.4, 0.5) is 16.2 Å². The van der Waals surface area contributed by atoms with E-state index >= 15 is 0 Å². The van der Waals surface area contributed by atoms with Crippen LogP contribution in [0.25, 0.3) is 11.1 Å².